The number of methoxy groups -OCH3 is 1. The fourth-order valence-corrected chi connectivity index (χ4v) is 2.42. The number of para-hydroxylation sites is 1. The van der Waals surface area contributed by atoms with Crippen molar-refractivity contribution in [3.05, 3.63) is 59.7 Å². The summed E-state index contributed by atoms with van der Waals surface area (Å²) in [5.74, 6) is 2.56. The highest BCUT2D eigenvalue weighted by Crippen LogP contribution is 2.17. The van der Waals surface area contributed by atoms with Crippen molar-refractivity contribution in [2.24, 2.45) is 4.99 Å². The lowest BCUT2D eigenvalue weighted by molar-refractivity contribution is 0.322. The molecular formula is C20H28IN3O2. The first-order valence-electron chi connectivity index (χ1n) is 8.49. The Balaban J connectivity index is 0.00000338. The van der Waals surface area contributed by atoms with Crippen LogP contribution in [-0.4, -0.2) is 39.8 Å². The van der Waals surface area contributed by atoms with E-state index in [0.29, 0.717) is 13.2 Å². The van der Waals surface area contributed by atoms with E-state index in [1.165, 1.54) is 11.1 Å². The van der Waals surface area contributed by atoms with Crippen LogP contribution in [0.25, 0.3) is 0 Å². The molecule has 6 heteroatoms. The number of benzene rings is 2. The third-order valence-corrected chi connectivity index (χ3v) is 3.79. The van der Waals surface area contributed by atoms with E-state index in [1.807, 2.05) is 42.5 Å². The van der Waals surface area contributed by atoms with Crippen molar-refractivity contribution < 1.29 is 9.47 Å². The predicted molar refractivity (Wildman–Crippen MR) is 118 cm³/mol. The molecule has 0 saturated heterocycles. The molecule has 0 aliphatic carbocycles. The van der Waals surface area contributed by atoms with Crippen LogP contribution < -0.4 is 20.1 Å². The van der Waals surface area contributed by atoms with Crippen LogP contribution in [0.5, 0.6) is 11.5 Å². The lowest BCUT2D eigenvalue weighted by Gasteiger charge is -2.13. The Kier molecular flexibility index (Phi) is 10.5. The van der Waals surface area contributed by atoms with E-state index in [-0.39, 0.29) is 24.0 Å². The van der Waals surface area contributed by atoms with Crippen LogP contribution in [0.1, 0.15) is 11.1 Å². The number of aryl methyl sites for hydroxylation is 1. The molecular weight excluding hydrogens is 441 g/mol. The number of rotatable bonds is 8. The van der Waals surface area contributed by atoms with Crippen LogP contribution in [0.4, 0.5) is 0 Å². The molecule has 0 saturated carbocycles. The van der Waals surface area contributed by atoms with Gasteiger partial charge in [-0.3, -0.25) is 4.99 Å². The molecule has 0 amide bonds. The first kappa shape index (κ1) is 22.1. The molecule has 0 bridgehead atoms. The SMILES string of the molecule is CN=C(NCCOc1ccc(C)cc1)NCCc1ccccc1OC.I. The van der Waals surface area contributed by atoms with Crippen LogP contribution in [0, 0.1) is 6.92 Å². The Labute approximate surface area is 173 Å². The van der Waals surface area contributed by atoms with Gasteiger partial charge < -0.3 is 20.1 Å². The molecule has 0 spiro atoms. The number of aliphatic imine (C=N–C) groups is 1. The van der Waals surface area contributed by atoms with Crippen molar-refractivity contribution in [1.29, 1.82) is 0 Å². The van der Waals surface area contributed by atoms with Crippen LogP contribution in [-0.2, 0) is 6.42 Å². The molecule has 2 rings (SSSR count). The van der Waals surface area contributed by atoms with E-state index in [4.69, 9.17) is 9.47 Å². The van der Waals surface area contributed by atoms with E-state index >= 15 is 0 Å². The molecule has 5 nitrogen and oxygen atoms in total. The van der Waals surface area contributed by atoms with Gasteiger partial charge in [0, 0.05) is 13.6 Å². The smallest absolute Gasteiger partial charge is 0.191 e. The molecule has 2 aromatic rings. The maximum Gasteiger partial charge on any atom is 0.191 e. The molecule has 2 aromatic carbocycles. The van der Waals surface area contributed by atoms with E-state index in [9.17, 15) is 0 Å². The summed E-state index contributed by atoms with van der Waals surface area (Å²) in [7, 11) is 3.46. The van der Waals surface area contributed by atoms with E-state index in [0.717, 1.165) is 30.4 Å². The molecule has 0 aliphatic heterocycles. The van der Waals surface area contributed by atoms with Crippen molar-refractivity contribution in [2.45, 2.75) is 13.3 Å². The molecule has 0 aromatic heterocycles. The fourth-order valence-electron chi connectivity index (χ4n) is 2.42. The zero-order valence-corrected chi connectivity index (χ0v) is 17.9. The van der Waals surface area contributed by atoms with Gasteiger partial charge in [0.2, 0.25) is 0 Å². The summed E-state index contributed by atoms with van der Waals surface area (Å²) in [4.78, 5) is 4.23. The maximum atomic E-state index is 5.70. The minimum Gasteiger partial charge on any atom is -0.496 e. The van der Waals surface area contributed by atoms with Gasteiger partial charge in [0.1, 0.15) is 18.1 Å². The normalized spacial score (nSPS) is 10.7. The summed E-state index contributed by atoms with van der Waals surface area (Å²) in [6, 6.07) is 16.1. The van der Waals surface area contributed by atoms with Gasteiger partial charge in [-0.2, -0.15) is 0 Å². The van der Waals surface area contributed by atoms with Crippen LogP contribution in [0.3, 0.4) is 0 Å². The quantitative estimate of drug-likeness (QED) is 0.269. The molecule has 0 unspecified atom stereocenters. The van der Waals surface area contributed by atoms with Gasteiger partial charge in [0.25, 0.3) is 0 Å². The van der Waals surface area contributed by atoms with Gasteiger partial charge in [-0.15, -0.1) is 24.0 Å². The largest absolute Gasteiger partial charge is 0.496 e. The Morgan fingerprint density at radius 1 is 1.00 bits per heavy atom. The fraction of sp³-hybridized carbons (Fsp3) is 0.350. The second kappa shape index (κ2) is 12.4. The molecule has 0 aliphatic rings. The minimum absolute atomic E-state index is 0. The highest BCUT2D eigenvalue weighted by molar-refractivity contribution is 14.0. The molecule has 2 N–H and O–H groups in total. The first-order chi connectivity index (χ1) is 12.2. The van der Waals surface area contributed by atoms with Gasteiger partial charge in [-0.25, -0.2) is 0 Å². The Morgan fingerprint density at radius 3 is 2.38 bits per heavy atom. The van der Waals surface area contributed by atoms with Crippen molar-refractivity contribution in [3.63, 3.8) is 0 Å². The predicted octanol–water partition coefficient (Wildman–Crippen LogP) is 3.41. The van der Waals surface area contributed by atoms with Gasteiger partial charge in [0.05, 0.1) is 13.7 Å². The summed E-state index contributed by atoms with van der Waals surface area (Å²) >= 11 is 0. The number of hydrogen-bond donors (Lipinski definition) is 2. The summed E-state index contributed by atoms with van der Waals surface area (Å²) < 4.78 is 11.1. The lowest BCUT2D eigenvalue weighted by atomic mass is 10.1. The average Bonchev–Trinajstić information content (AvgIpc) is 2.65. The van der Waals surface area contributed by atoms with Gasteiger partial charge in [-0.05, 0) is 37.1 Å². The summed E-state index contributed by atoms with van der Waals surface area (Å²) in [5, 5.41) is 6.55. The van der Waals surface area contributed by atoms with Crippen molar-refractivity contribution in [3.8, 4) is 11.5 Å². The zero-order valence-electron chi connectivity index (χ0n) is 15.6. The number of guanidine groups is 1. The average molecular weight is 469 g/mol. The van der Waals surface area contributed by atoms with Crippen molar-refractivity contribution >= 4 is 29.9 Å². The molecule has 26 heavy (non-hydrogen) atoms. The molecule has 142 valence electrons. The highest BCUT2D eigenvalue weighted by Gasteiger charge is 2.02. The molecule has 0 fully saturated rings. The Morgan fingerprint density at radius 2 is 1.69 bits per heavy atom. The van der Waals surface area contributed by atoms with Gasteiger partial charge in [-0.1, -0.05) is 35.9 Å². The van der Waals surface area contributed by atoms with Crippen molar-refractivity contribution in [2.75, 3.05) is 33.9 Å². The van der Waals surface area contributed by atoms with Crippen molar-refractivity contribution in [1.82, 2.24) is 10.6 Å². The molecule has 0 heterocycles. The third kappa shape index (κ3) is 7.51. The van der Waals surface area contributed by atoms with E-state index < -0.39 is 0 Å². The Bertz CT molecular complexity index is 675. The summed E-state index contributed by atoms with van der Waals surface area (Å²) in [6.07, 6.45) is 0.866. The third-order valence-electron chi connectivity index (χ3n) is 3.79. The topological polar surface area (TPSA) is 54.9 Å². The number of nitrogens with one attached hydrogen (secondary N) is 2. The maximum absolute atomic E-state index is 5.70. The number of hydrogen-bond acceptors (Lipinski definition) is 3. The Hall–Kier alpha value is -1.96. The number of nitrogens with zero attached hydrogens (tertiary/aromatic N) is 1. The second-order valence-corrected chi connectivity index (χ2v) is 5.65. The summed E-state index contributed by atoms with van der Waals surface area (Å²) in [6.45, 7) is 4.10. The molecule has 0 atom stereocenters. The minimum atomic E-state index is 0. The van der Waals surface area contributed by atoms with Gasteiger partial charge >= 0.3 is 0 Å². The number of ether oxygens (including phenoxy) is 2. The second-order valence-electron chi connectivity index (χ2n) is 5.65. The monoisotopic (exact) mass is 469 g/mol. The zero-order chi connectivity index (χ0) is 17.9. The molecule has 0 radical (unpaired) electrons. The van der Waals surface area contributed by atoms with Crippen LogP contribution >= 0.6 is 24.0 Å². The van der Waals surface area contributed by atoms with E-state index in [1.54, 1.807) is 14.2 Å². The standard InChI is InChI=1S/C20H27N3O2.HI/c1-16-8-10-18(11-9-16)25-15-14-23-20(21-2)22-13-12-17-6-4-5-7-19(17)24-3;/h4-11H,12-15H2,1-3H3,(H2,21,22,23);1H. The van der Waals surface area contributed by atoms with Gasteiger partial charge in [0.15, 0.2) is 5.96 Å². The number of halogens is 1. The van der Waals surface area contributed by atoms with E-state index in [2.05, 4.69) is 28.6 Å². The highest BCUT2D eigenvalue weighted by atomic mass is 127. The summed E-state index contributed by atoms with van der Waals surface area (Å²) in [5.41, 5.74) is 2.40. The first-order valence-corrected chi connectivity index (χ1v) is 8.49. The lowest BCUT2D eigenvalue weighted by Crippen LogP contribution is -2.40. The van der Waals surface area contributed by atoms with Crippen LogP contribution in [0.15, 0.2) is 53.5 Å². The van der Waals surface area contributed by atoms with Crippen LogP contribution in [0.2, 0.25) is 0 Å².